The van der Waals surface area contributed by atoms with Gasteiger partial charge in [-0.05, 0) is 30.0 Å². The van der Waals surface area contributed by atoms with Crippen molar-refractivity contribution in [3.63, 3.8) is 0 Å². The molecule has 2 atom stereocenters. The largest absolute Gasteiger partial charge is 0.391 e. The Labute approximate surface area is 187 Å². The number of rotatable bonds is 5. The molecule has 32 heavy (non-hydrogen) atoms. The molecular formula is C26H28N4O2. The predicted molar refractivity (Wildman–Crippen MR) is 125 cm³/mol. The van der Waals surface area contributed by atoms with Gasteiger partial charge in [0.15, 0.2) is 0 Å². The third-order valence-corrected chi connectivity index (χ3v) is 6.42. The molecule has 1 aliphatic carbocycles. The Kier molecular flexibility index (Phi) is 5.53. The van der Waals surface area contributed by atoms with Crippen LogP contribution in [0, 0.1) is 0 Å². The zero-order valence-electron chi connectivity index (χ0n) is 18.2. The molecule has 0 radical (unpaired) electrons. The SMILES string of the molecule is Cn1cc(-c2ccc(Cn3cc(C(=O)N[C@H]4CCCC[C@@H]4O)c4ccccc43)cc2)cn1. The zero-order valence-corrected chi connectivity index (χ0v) is 18.2. The van der Waals surface area contributed by atoms with Crippen LogP contribution in [0.5, 0.6) is 0 Å². The van der Waals surface area contributed by atoms with E-state index in [0.29, 0.717) is 12.1 Å². The highest BCUT2D eigenvalue weighted by Crippen LogP contribution is 2.25. The summed E-state index contributed by atoms with van der Waals surface area (Å²) in [5.41, 5.74) is 5.07. The fourth-order valence-electron chi connectivity index (χ4n) is 4.65. The van der Waals surface area contributed by atoms with Crippen molar-refractivity contribution in [1.29, 1.82) is 0 Å². The monoisotopic (exact) mass is 428 g/mol. The summed E-state index contributed by atoms with van der Waals surface area (Å²) in [5, 5.41) is 18.5. The smallest absolute Gasteiger partial charge is 0.253 e. The van der Waals surface area contributed by atoms with Crippen LogP contribution in [-0.4, -0.2) is 37.5 Å². The van der Waals surface area contributed by atoms with Crippen LogP contribution in [0.3, 0.4) is 0 Å². The minimum absolute atomic E-state index is 0.113. The van der Waals surface area contributed by atoms with Gasteiger partial charge in [0.05, 0.1) is 23.9 Å². The number of para-hydroxylation sites is 1. The molecule has 0 unspecified atom stereocenters. The van der Waals surface area contributed by atoms with E-state index in [9.17, 15) is 9.90 Å². The summed E-state index contributed by atoms with van der Waals surface area (Å²) in [7, 11) is 1.91. The van der Waals surface area contributed by atoms with E-state index in [1.54, 1.807) is 4.68 Å². The topological polar surface area (TPSA) is 72.1 Å². The molecule has 6 nitrogen and oxygen atoms in total. The van der Waals surface area contributed by atoms with Crippen molar-refractivity contribution >= 4 is 16.8 Å². The third-order valence-electron chi connectivity index (χ3n) is 6.42. The molecule has 5 rings (SSSR count). The van der Waals surface area contributed by atoms with Gasteiger partial charge in [-0.15, -0.1) is 0 Å². The van der Waals surface area contributed by atoms with Crippen molar-refractivity contribution in [3.05, 3.63) is 78.2 Å². The normalized spacial score (nSPS) is 18.7. The number of nitrogens with one attached hydrogen (secondary N) is 1. The van der Waals surface area contributed by atoms with Crippen LogP contribution >= 0.6 is 0 Å². The second kappa shape index (κ2) is 8.63. The van der Waals surface area contributed by atoms with Crippen molar-refractivity contribution < 1.29 is 9.90 Å². The summed E-state index contributed by atoms with van der Waals surface area (Å²) < 4.78 is 3.93. The van der Waals surface area contributed by atoms with E-state index in [1.165, 1.54) is 0 Å². The average molecular weight is 429 g/mol. The van der Waals surface area contributed by atoms with E-state index in [0.717, 1.165) is 53.3 Å². The number of aryl methyl sites for hydroxylation is 1. The van der Waals surface area contributed by atoms with Crippen molar-refractivity contribution in [2.45, 2.75) is 44.4 Å². The lowest BCUT2D eigenvalue weighted by Crippen LogP contribution is -2.45. The predicted octanol–water partition coefficient (Wildman–Crippen LogP) is 4.12. The summed E-state index contributed by atoms with van der Waals surface area (Å²) in [6.07, 6.45) is 8.98. The summed E-state index contributed by atoms with van der Waals surface area (Å²) in [6, 6.07) is 16.3. The molecule has 2 N–H and O–H groups in total. The highest BCUT2D eigenvalue weighted by Gasteiger charge is 2.26. The maximum atomic E-state index is 13.1. The number of benzene rings is 2. The lowest BCUT2D eigenvalue weighted by molar-refractivity contribution is 0.0718. The number of hydrogen-bond donors (Lipinski definition) is 2. The van der Waals surface area contributed by atoms with E-state index < -0.39 is 6.10 Å². The Balaban J connectivity index is 1.39. The maximum absolute atomic E-state index is 13.1. The number of aliphatic hydroxyl groups is 1. The van der Waals surface area contributed by atoms with Gasteiger partial charge >= 0.3 is 0 Å². The molecule has 0 spiro atoms. The second-order valence-corrected chi connectivity index (χ2v) is 8.72. The summed E-state index contributed by atoms with van der Waals surface area (Å²) in [4.78, 5) is 13.1. The fraction of sp³-hybridized carbons (Fsp3) is 0.308. The Bertz CT molecular complexity index is 1240. The second-order valence-electron chi connectivity index (χ2n) is 8.72. The van der Waals surface area contributed by atoms with E-state index >= 15 is 0 Å². The lowest BCUT2D eigenvalue weighted by Gasteiger charge is -2.28. The first kappa shape index (κ1) is 20.5. The van der Waals surface area contributed by atoms with Crippen LogP contribution in [0.2, 0.25) is 0 Å². The molecule has 0 bridgehead atoms. The Morgan fingerprint density at radius 1 is 1.06 bits per heavy atom. The average Bonchev–Trinajstić information content (AvgIpc) is 3.40. The molecule has 1 fully saturated rings. The molecule has 2 heterocycles. The Hall–Kier alpha value is -3.38. The standard InChI is InChI=1S/C26H28N4O2/c1-29-16-20(14-27-29)19-12-10-18(11-13-19)15-30-17-22(21-6-2-4-8-24(21)30)26(32)28-23-7-3-5-9-25(23)31/h2,4,6,8,10-14,16-17,23,25,31H,3,5,7,9,15H2,1H3,(H,28,32)/t23-,25-/m0/s1. The minimum Gasteiger partial charge on any atom is -0.391 e. The summed E-state index contributed by atoms with van der Waals surface area (Å²) in [6.45, 7) is 0.674. The molecule has 2 aromatic carbocycles. The zero-order chi connectivity index (χ0) is 22.1. The molecule has 1 aliphatic rings. The molecule has 0 aliphatic heterocycles. The highest BCUT2D eigenvalue weighted by molar-refractivity contribution is 6.07. The van der Waals surface area contributed by atoms with Crippen molar-refractivity contribution in [2.24, 2.45) is 7.05 Å². The number of hydrogen-bond acceptors (Lipinski definition) is 3. The number of nitrogens with zero attached hydrogens (tertiary/aromatic N) is 3. The first-order chi connectivity index (χ1) is 15.6. The molecular weight excluding hydrogens is 400 g/mol. The highest BCUT2D eigenvalue weighted by atomic mass is 16.3. The van der Waals surface area contributed by atoms with Crippen LogP contribution in [0.25, 0.3) is 22.0 Å². The van der Waals surface area contributed by atoms with Crippen LogP contribution in [0.4, 0.5) is 0 Å². The van der Waals surface area contributed by atoms with Gasteiger partial charge in [-0.2, -0.15) is 5.10 Å². The van der Waals surface area contributed by atoms with Crippen LogP contribution in [0.1, 0.15) is 41.6 Å². The number of amides is 1. The molecule has 164 valence electrons. The van der Waals surface area contributed by atoms with Gasteiger partial charge in [-0.3, -0.25) is 9.48 Å². The molecule has 6 heteroatoms. The van der Waals surface area contributed by atoms with Crippen molar-refractivity contribution in [2.75, 3.05) is 0 Å². The quantitative estimate of drug-likeness (QED) is 0.502. The number of fused-ring (bicyclic) bond motifs is 1. The van der Waals surface area contributed by atoms with Crippen LogP contribution in [0.15, 0.2) is 67.1 Å². The van der Waals surface area contributed by atoms with Crippen molar-refractivity contribution in [1.82, 2.24) is 19.7 Å². The van der Waals surface area contributed by atoms with Gasteiger partial charge in [0.1, 0.15) is 0 Å². The summed E-state index contributed by atoms with van der Waals surface area (Å²) in [5.74, 6) is -0.113. The van der Waals surface area contributed by atoms with Gasteiger partial charge in [-0.25, -0.2) is 0 Å². The fourth-order valence-corrected chi connectivity index (χ4v) is 4.65. The van der Waals surface area contributed by atoms with Crippen LogP contribution < -0.4 is 5.32 Å². The van der Waals surface area contributed by atoms with Crippen molar-refractivity contribution in [3.8, 4) is 11.1 Å². The minimum atomic E-state index is -0.459. The van der Waals surface area contributed by atoms with E-state index in [1.807, 2.05) is 49.9 Å². The number of carbonyl (C=O) groups excluding carboxylic acids is 1. The third kappa shape index (κ3) is 4.06. The van der Waals surface area contributed by atoms with Gasteiger partial charge in [0.25, 0.3) is 5.91 Å². The van der Waals surface area contributed by atoms with E-state index in [-0.39, 0.29) is 11.9 Å². The molecule has 1 saturated carbocycles. The molecule has 2 aromatic heterocycles. The number of aromatic nitrogens is 3. The van der Waals surface area contributed by atoms with Crippen LogP contribution in [-0.2, 0) is 13.6 Å². The number of carbonyl (C=O) groups is 1. The first-order valence-electron chi connectivity index (χ1n) is 11.2. The maximum Gasteiger partial charge on any atom is 0.253 e. The van der Waals surface area contributed by atoms with E-state index in [4.69, 9.17) is 0 Å². The Morgan fingerprint density at radius 2 is 1.84 bits per heavy atom. The summed E-state index contributed by atoms with van der Waals surface area (Å²) >= 11 is 0. The number of aliphatic hydroxyl groups excluding tert-OH is 1. The lowest BCUT2D eigenvalue weighted by atomic mass is 9.92. The van der Waals surface area contributed by atoms with Gasteiger partial charge in [-0.1, -0.05) is 55.3 Å². The Morgan fingerprint density at radius 3 is 2.59 bits per heavy atom. The van der Waals surface area contributed by atoms with Gasteiger partial charge in [0, 0.05) is 42.5 Å². The molecule has 1 amide bonds. The van der Waals surface area contributed by atoms with E-state index in [2.05, 4.69) is 39.2 Å². The van der Waals surface area contributed by atoms with Gasteiger partial charge < -0.3 is 15.0 Å². The molecule has 4 aromatic rings. The molecule has 0 saturated heterocycles. The van der Waals surface area contributed by atoms with Gasteiger partial charge in [0.2, 0.25) is 0 Å². The first-order valence-corrected chi connectivity index (χ1v) is 11.2.